The Morgan fingerprint density at radius 3 is 1.16 bits per heavy atom. The lowest BCUT2D eigenvalue weighted by Crippen LogP contribution is -2.14. The molecular formula is C59H42N2. The topological polar surface area (TPSA) is 6.48 Å². The van der Waals surface area contributed by atoms with Crippen molar-refractivity contribution in [1.29, 1.82) is 0 Å². The van der Waals surface area contributed by atoms with Crippen molar-refractivity contribution >= 4 is 77.2 Å². The third-order valence-corrected chi connectivity index (χ3v) is 12.1. The monoisotopic (exact) mass is 778 g/mol. The summed E-state index contributed by atoms with van der Waals surface area (Å²) >= 11 is 0. The molecule has 0 unspecified atom stereocenters. The fourth-order valence-electron chi connectivity index (χ4n) is 9.44. The minimum atomic E-state index is 0.0405. The Labute approximate surface area is 356 Å². The summed E-state index contributed by atoms with van der Waals surface area (Å²) in [4.78, 5) is 4.94. The van der Waals surface area contributed by atoms with Gasteiger partial charge in [0, 0.05) is 49.9 Å². The summed E-state index contributed by atoms with van der Waals surface area (Å²) < 4.78 is 0. The molecule has 0 aromatic heterocycles. The molecule has 61 heavy (non-hydrogen) atoms. The van der Waals surface area contributed by atoms with E-state index in [9.17, 15) is 0 Å². The quantitative estimate of drug-likeness (QED) is 0.106. The lowest BCUT2D eigenvalue weighted by atomic mass is 9.82. The summed E-state index contributed by atoms with van der Waals surface area (Å²) in [6.07, 6.45) is 0. The molecule has 11 aromatic carbocycles. The summed E-state index contributed by atoms with van der Waals surface area (Å²) in [5.74, 6) is 0.0405. The SMILES string of the molecule is c1ccc(C(c2ccccc2)c2cccc3c(N(c4ccccc4)c4cccc5c(N(c6ccccc6)c6ccccc6)c6ccccc6cc45)c4ccccc4cc23)cc1. The van der Waals surface area contributed by atoms with Crippen LogP contribution in [0.25, 0.3) is 43.1 Å². The highest BCUT2D eigenvalue weighted by atomic mass is 15.2. The van der Waals surface area contributed by atoms with Gasteiger partial charge in [0.15, 0.2) is 0 Å². The van der Waals surface area contributed by atoms with Crippen LogP contribution in [-0.2, 0) is 0 Å². The second-order valence-corrected chi connectivity index (χ2v) is 15.6. The number of rotatable bonds is 9. The van der Waals surface area contributed by atoms with Gasteiger partial charge in [0.25, 0.3) is 0 Å². The number of fused-ring (bicyclic) bond motifs is 4. The number of nitrogens with zero attached hydrogens (tertiary/aromatic N) is 2. The van der Waals surface area contributed by atoms with Gasteiger partial charge in [-0.05, 0) is 87.4 Å². The third-order valence-electron chi connectivity index (χ3n) is 12.1. The number of hydrogen-bond acceptors (Lipinski definition) is 2. The van der Waals surface area contributed by atoms with Gasteiger partial charge < -0.3 is 9.80 Å². The maximum absolute atomic E-state index is 2.52. The summed E-state index contributed by atoms with van der Waals surface area (Å²) in [5, 5.41) is 9.54. The molecule has 0 N–H and O–H groups in total. The molecule has 2 heteroatoms. The minimum Gasteiger partial charge on any atom is -0.309 e. The van der Waals surface area contributed by atoms with Crippen molar-refractivity contribution in [3.8, 4) is 0 Å². The Morgan fingerprint density at radius 1 is 0.262 bits per heavy atom. The first-order valence-corrected chi connectivity index (χ1v) is 21.1. The molecule has 11 aromatic rings. The maximum atomic E-state index is 2.52. The second-order valence-electron chi connectivity index (χ2n) is 15.6. The third kappa shape index (κ3) is 6.46. The van der Waals surface area contributed by atoms with Crippen LogP contribution in [0.3, 0.4) is 0 Å². The van der Waals surface area contributed by atoms with Gasteiger partial charge in [0.2, 0.25) is 0 Å². The predicted molar refractivity (Wildman–Crippen MR) is 260 cm³/mol. The van der Waals surface area contributed by atoms with Crippen LogP contribution in [0.15, 0.2) is 249 Å². The van der Waals surface area contributed by atoms with Crippen molar-refractivity contribution in [3.05, 3.63) is 265 Å². The zero-order chi connectivity index (χ0) is 40.5. The highest BCUT2D eigenvalue weighted by Gasteiger charge is 2.26. The Balaban J connectivity index is 1.24. The summed E-state index contributed by atoms with van der Waals surface area (Å²) in [7, 11) is 0. The van der Waals surface area contributed by atoms with E-state index in [0.29, 0.717) is 0 Å². The average Bonchev–Trinajstić information content (AvgIpc) is 3.33. The van der Waals surface area contributed by atoms with E-state index in [-0.39, 0.29) is 5.92 Å². The summed E-state index contributed by atoms with van der Waals surface area (Å²) in [6, 6.07) is 90.6. The molecule has 0 spiro atoms. The smallest absolute Gasteiger partial charge is 0.0619 e. The van der Waals surface area contributed by atoms with Gasteiger partial charge in [-0.25, -0.2) is 0 Å². The zero-order valence-electron chi connectivity index (χ0n) is 33.6. The molecule has 0 saturated heterocycles. The van der Waals surface area contributed by atoms with Crippen LogP contribution in [0.2, 0.25) is 0 Å². The maximum Gasteiger partial charge on any atom is 0.0619 e. The minimum absolute atomic E-state index is 0.0405. The van der Waals surface area contributed by atoms with Gasteiger partial charge in [-0.2, -0.15) is 0 Å². The van der Waals surface area contributed by atoms with Crippen LogP contribution in [0.4, 0.5) is 34.1 Å². The molecule has 11 rings (SSSR count). The number of para-hydroxylation sites is 3. The second kappa shape index (κ2) is 15.7. The molecule has 0 amide bonds. The first-order valence-electron chi connectivity index (χ1n) is 21.1. The van der Waals surface area contributed by atoms with Crippen molar-refractivity contribution in [2.75, 3.05) is 9.80 Å². The van der Waals surface area contributed by atoms with Crippen LogP contribution in [0.1, 0.15) is 22.6 Å². The van der Waals surface area contributed by atoms with Crippen LogP contribution in [-0.4, -0.2) is 0 Å². The average molecular weight is 779 g/mol. The lowest BCUT2D eigenvalue weighted by Gasteiger charge is -2.32. The normalized spacial score (nSPS) is 11.4. The van der Waals surface area contributed by atoms with Crippen LogP contribution < -0.4 is 9.80 Å². The largest absolute Gasteiger partial charge is 0.309 e. The lowest BCUT2D eigenvalue weighted by molar-refractivity contribution is 0.989. The number of anilines is 6. The Bertz CT molecular complexity index is 3210. The van der Waals surface area contributed by atoms with Crippen LogP contribution in [0, 0.1) is 0 Å². The molecule has 0 aliphatic rings. The zero-order valence-corrected chi connectivity index (χ0v) is 33.6. The summed E-state index contributed by atoms with van der Waals surface area (Å²) in [5.41, 5.74) is 10.6. The molecule has 0 aliphatic heterocycles. The molecule has 0 radical (unpaired) electrons. The van der Waals surface area contributed by atoms with Gasteiger partial charge >= 0.3 is 0 Å². The van der Waals surface area contributed by atoms with Crippen molar-refractivity contribution in [2.45, 2.75) is 5.92 Å². The highest BCUT2D eigenvalue weighted by Crippen LogP contribution is 2.51. The van der Waals surface area contributed by atoms with Gasteiger partial charge in [0.1, 0.15) is 0 Å². The van der Waals surface area contributed by atoms with E-state index in [4.69, 9.17) is 0 Å². The standard InChI is InChI=1S/C59H42N2/c1-6-22-42(23-7-1)57(43-24-8-2-9-25-43)51-36-20-37-52-54(51)40-44-26-16-19-35-50(44)59(52)61(48-32-14-5-15-33-48)56-39-21-38-53-55(56)41-45-27-17-18-34-49(45)58(53)60(46-28-10-3-11-29-46)47-30-12-4-13-31-47/h1-41,57H. The molecule has 0 saturated carbocycles. The van der Waals surface area contributed by atoms with Crippen molar-refractivity contribution in [3.63, 3.8) is 0 Å². The van der Waals surface area contributed by atoms with Gasteiger partial charge in [-0.15, -0.1) is 0 Å². The van der Waals surface area contributed by atoms with Crippen LogP contribution >= 0.6 is 0 Å². The fraction of sp³-hybridized carbons (Fsp3) is 0.0169. The van der Waals surface area contributed by atoms with Crippen molar-refractivity contribution in [2.24, 2.45) is 0 Å². The predicted octanol–water partition coefficient (Wildman–Crippen LogP) is 16.4. The first-order chi connectivity index (χ1) is 30.3. The van der Waals surface area contributed by atoms with E-state index in [1.54, 1.807) is 0 Å². The Morgan fingerprint density at radius 2 is 0.639 bits per heavy atom. The van der Waals surface area contributed by atoms with Crippen molar-refractivity contribution < 1.29 is 0 Å². The molecule has 0 bridgehead atoms. The van der Waals surface area contributed by atoms with E-state index >= 15 is 0 Å². The van der Waals surface area contributed by atoms with E-state index in [0.717, 1.165) is 34.1 Å². The molecule has 0 fully saturated rings. The summed E-state index contributed by atoms with van der Waals surface area (Å²) in [6.45, 7) is 0. The fourth-order valence-corrected chi connectivity index (χ4v) is 9.44. The molecule has 0 aliphatic carbocycles. The Hall–Kier alpha value is -7.94. The van der Waals surface area contributed by atoms with E-state index in [1.165, 1.54) is 59.8 Å². The Kier molecular flexibility index (Phi) is 9.29. The van der Waals surface area contributed by atoms with Gasteiger partial charge in [0.05, 0.1) is 17.1 Å². The van der Waals surface area contributed by atoms with E-state index in [2.05, 4.69) is 259 Å². The van der Waals surface area contributed by atoms with E-state index < -0.39 is 0 Å². The number of benzene rings is 11. The highest BCUT2D eigenvalue weighted by molar-refractivity contribution is 6.21. The van der Waals surface area contributed by atoms with Crippen molar-refractivity contribution in [1.82, 2.24) is 0 Å². The van der Waals surface area contributed by atoms with Crippen LogP contribution in [0.5, 0.6) is 0 Å². The van der Waals surface area contributed by atoms with Gasteiger partial charge in [-0.1, -0.05) is 194 Å². The first kappa shape index (κ1) is 36.2. The molecule has 2 nitrogen and oxygen atoms in total. The van der Waals surface area contributed by atoms with Gasteiger partial charge in [-0.3, -0.25) is 0 Å². The number of hydrogen-bond donors (Lipinski definition) is 0. The molecule has 0 heterocycles. The molecule has 288 valence electrons. The van der Waals surface area contributed by atoms with E-state index in [1.807, 2.05) is 0 Å². The molecular weight excluding hydrogens is 737 g/mol. The molecule has 0 atom stereocenters.